The molecule has 10 nitrogen and oxygen atoms in total. The number of benzene rings is 1. The van der Waals surface area contributed by atoms with Crippen molar-refractivity contribution in [3.63, 3.8) is 0 Å². The number of pyridine rings is 2. The van der Waals surface area contributed by atoms with Crippen LogP contribution in [-0.2, 0) is 11.3 Å². The van der Waals surface area contributed by atoms with Gasteiger partial charge < -0.3 is 10.2 Å². The van der Waals surface area contributed by atoms with Gasteiger partial charge in [0.15, 0.2) is 5.82 Å². The van der Waals surface area contributed by atoms with E-state index in [1.54, 1.807) is 66.8 Å². The molecule has 10 heteroatoms. The largest absolute Gasteiger partial charge is 0.311 e. The fourth-order valence-electron chi connectivity index (χ4n) is 3.28. The van der Waals surface area contributed by atoms with E-state index < -0.39 is 5.91 Å². The molecular weight excluding hydrogens is 434 g/mol. The predicted molar refractivity (Wildman–Crippen MR) is 125 cm³/mol. The monoisotopic (exact) mass is 455 g/mol. The topological polar surface area (TPSA) is 133 Å². The Hall–Kier alpha value is -4.70. The summed E-state index contributed by atoms with van der Waals surface area (Å²) in [5.74, 6) is 0.954. The van der Waals surface area contributed by atoms with Gasteiger partial charge in [0.25, 0.3) is 5.91 Å². The number of aromatic nitrogens is 4. The van der Waals surface area contributed by atoms with Gasteiger partial charge in [0, 0.05) is 42.8 Å². The number of rotatable bonds is 7. The maximum absolute atomic E-state index is 11.6. The third kappa shape index (κ3) is 5.37. The molecule has 0 unspecified atom stereocenters. The molecule has 0 spiro atoms. The van der Waals surface area contributed by atoms with Crippen LogP contribution in [0.25, 0.3) is 11.1 Å². The van der Waals surface area contributed by atoms with Gasteiger partial charge in [-0.25, -0.2) is 20.4 Å². The molecule has 0 saturated heterocycles. The number of hydroxylamine groups is 1. The van der Waals surface area contributed by atoms with Crippen LogP contribution in [-0.4, -0.2) is 37.0 Å². The number of nitrogens with one attached hydrogen (secondary N) is 2. The van der Waals surface area contributed by atoms with Crippen molar-refractivity contribution in [1.29, 1.82) is 0 Å². The lowest BCUT2D eigenvalue weighted by Crippen LogP contribution is -2.20. The molecule has 170 valence electrons. The molecule has 3 heterocycles. The van der Waals surface area contributed by atoms with Crippen LogP contribution in [0.15, 0.2) is 79.5 Å². The lowest BCUT2D eigenvalue weighted by molar-refractivity contribution is -0.114. The summed E-state index contributed by atoms with van der Waals surface area (Å²) in [4.78, 5) is 42.2. The second-order valence-corrected chi connectivity index (χ2v) is 7.30. The Labute approximate surface area is 195 Å². The lowest BCUT2D eigenvalue weighted by atomic mass is 10.1. The first kappa shape index (κ1) is 22.5. The Kier molecular flexibility index (Phi) is 6.80. The molecule has 0 aliphatic carbocycles. The minimum atomic E-state index is -0.579. The van der Waals surface area contributed by atoms with Gasteiger partial charge in [-0.3, -0.25) is 19.8 Å². The Bertz CT molecular complexity index is 1280. The van der Waals surface area contributed by atoms with E-state index in [0.717, 1.165) is 16.7 Å². The Balaban J connectivity index is 1.65. The lowest BCUT2D eigenvalue weighted by Gasteiger charge is -2.23. The molecule has 34 heavy (non-hydrogen) atoms. The van der Waals surface area contributed by atoms with E-state index in [2.05, 4.69) is 25.3 Å². The van der Waals surface area contributed by atoms with E-state index in [1.807, 2.05) is 23.1 Å². The summed E-state index contributed by atoms with van der Waals surface area (Å²) in [5, 5.41) is 11.5. The highest BCUT2D eigenvalue weighted by molar-refractivity contribution is 5.93. The van der Waals surface area contributed by atoms with Crippen molar-refractivity contribution >= 4 is 29.3 Å². The van der Waals surface area contributed by atoms with Gasteiger partial charge in [-0.05, 0) is 47.5 Å². The molecule has 3 aromatic heterocycles. The first-order chi connectivity index (χ1) is 16.5. The van der Waals surface area contributed by atoms with Crippen molar-refractivity contribution in [2.75, 3.05) is 10.2 Å². The highest BCUT2D eigenvalue weighted by Gasteiger charge is 2.15. The van der Waals surface area contributed by atoms with Crippen molar-refractivity contribution in [1.82, 2.24) is 25.4 Å². The standard InChI is InChI=1S/C24H21N7O3/c1-16(32)29-21-7-6-20(13-28-21)19-8-9-26-22(12-19)31(23-14-25-10-11-27-23)15-17-2-4-18(5-3-17)24(33)30-34/h2-14,34H,15H2,1H3,(H,30,33)(H,28,29,32). The smallest absolute Gasteiger partial charge is 0.274 e. The van der Waals surface area contributed by atoms with Gasteiger partial charge in [-0.2, -0.15) is 0 Å². The van der Waals surface area contributed by atoms with Crippen molar-refractivity contribution in [3.8, 4) is 11.1 Å². The summed E-state index contributed by atoms with van der Waals surface area (Å²) >= 11 is 0. The van der Waals surface area contributed by atoms with Crippen LogP contribution in [0.2, 0.25) is 0 Å². The molecule has 0 aliphatic rings. The highest BCUT2D eigenvalue weighted by atomic mass is 16.5. The van der Waals surface area contributed by atoms with Crippen LogP contribution in [0.5, 0.6) is 0 Å². The van der Waals surface area contributed by atoms with Gasteiger partial charge in [0.2, 0.25) is 5.91 Å². The van der Waals surface area contributed by atoms with Crippen LogP contribution in [0, 0.1) is 0 Å². The second-order valence-electron chi connectivity index (χ2n) is 7.30. The van der Waals surface area contributed by atoms with Gasteiger partial charge in [-0.1, -0.05) is 12.1 Å². The van der Waals surface area contributed by atoms with E-state index in [4.69, 9.17) is 5.21 Å². The van der Waals surface area contributed by atoms with Gasteiger partial charge in [0.05, 0.1) is 12.7 Å². The van der Waals surface area contributed by atoms with Crippen molar-refractivity contribution in [3.05, 3.63) is 90.6 Å². The van der Waals surface area contributed by atoms with Crippen LogP contribution in [0.4, 0.5) is 17.5 Å². The van der Waals surface area contributed by atoms with E-state index in [0.29, 0.717) is 29.6 Å². The maximum Gasteiger partial charge on any atom is 0.274 e. The molecular formula is C24H21N7O3. The molecule has 0 aliphatic heterocycles. The molecule has 0 atom stereocenters. The Morgan fingerprint density at radius 3 is 2.32 bits per heavy atom. The molecule has 4 aromatic rings. The normalized spacial score (nSPS) is 10.4. The molecule has 0 bridgehead atoms. The molecule has 3 N–H and O–H groups in total. The Morgan fingerprint density at radius 1 is 0.882 bits per heavy atom. The zero-order chi connectivity index (χ0) is 23.9. The molecule has 1 aromatic carbocycles. The average molecular weight is 455 g/mol. The molecule has 2 amide bonds. The summed E-state index contributed by atoms with van der Waals surface area (Å²) < 4.78 is 0. The minimum Gasteiger partial charge on any atom is -0.311 e. The summed E-state index contributed by atoms with van der Waals surface area (Å²) in [5.41, 5.74) is 4.60. The number of carbonyl (C=O) groups excluding carboxylic acids is 2. The molecule has 0 fully saturated rings. The number of amides is 2. The van der Waals surface area contributed by atoms with Crippen molar-refractivity contribution < 1.29 is 14.8 Å². The third-order valence-electron chi connectivity index (χ3n) is 4.91. The highest BCUT2D eigenvalue weighted by Crippen LogP contribution is 2.28. The number of hydrogen-bond acceptors (Lipinski definition) is 8. The molecule has 0 radical (unpaired) electrons. The van der Waals surface area contributed by atoms with Crippen molar-refractivity contribution in [2.24, 2.45) is 0 Å². The fourth-order valence-corrected chi connectivity index (χ4v) is 3.28. The molecule has 4 rings (SSSR count). The summed E-state index contributed by atoms with van der Waals surface area (Å²) in [6, 6.07) is 14.2. The number of anilines is 3. The number of nitrogens with zero attached hydrogens (tertiary/aromatic N) is 5. The quantitative estimate of drug-likeness (QED) is 0.285. The third-order valence-corrected chi connectivity index (χ3v) is 4.91. The first-order valence-corrected chi connectivity index (χ1v) is 10.3. The van der Waals surface area contributed by atoms with E-state index >= 15 is 0 Å². The SMILES string of the molecule is CC(=O)Nc1ccc(-c2ccnc(N(Cc3ccc(C(=O)NO)cc3)c3cnccn3)c2)cn1. The van der Waals surface area contributed by atoms with E-state index in [9.17, 15) is 9.59 Å². The second kappa shape index (κ2) is 10.3. The van der Waals surface area contributed by atoms with Crippen LogP contribution < -0.4 is 15.7 Å². The number of hydrogen-bond donors (Lipinski definition) is 3. The zero-order valence-corrected chi connectivity index (χ0v) is 18.2. The fraction of sp³-hybridized carbons (Fsp3) is 0.0833. The van der Waals surface area contributed by atoms with E-state index in [1.165, 1.54) is 6.92 Å². The van der Waals surface area contributed by atoms with Crippen LogP contribution in [0.3, 0.4) is 0 Å². The summed E-state index contributed by atoms with van der Waals surface area (Å²) in [6.07, 6.45) is 8.22. The minimum absolute atomic E-state index is 0.184. The zero-order valence-electron chi connectivity index (χ0n) is 18.2. The van der Waals surface area contributed by atoms with Gasteiger partial charge in [0.1, 0.15) is 11.6 Å². The van der Waals surface area contributed by atoms with Gasteiger partial charge in [-0.15, -0.1) is 0 Å². The maximum atomic E-state index is 11.6. The van der Waals surface area contributed by atoms with Gasteiger partial charge >= 0.3 is 0 Å². The predicted octanol–water partition coefficient (Wildman–Crippen LogP) is 3.35. The van der Waals surface area contributed by atoms with E-state index in [-0.39, 0.29) is 5.91 Å². The van der Waals surface area contributed by atoms with Crippen molar-refractivity contribution in [2.45, 2.75) is 13.5 Å². The first-order valence-electron chi connectivity index (χ1n) is 10.3. The number of carbonyl (C=O) groups is 2. The van der Waals surface area contributed by atoms with Crippen LogP contribution in [0.1, 0.15) is 22.8 Å². The average Bonchev–Trinajstić information content (AvgIpc) is 2.88. The molecule has 0 saturated carbocycles. The summed E-state index contributed by atoms with van der Waals surface area (Å²) in [7, 11) is 0. The summed E-state index contributed by atoms with van der Waals surface area (Å²) in [6.45, 7) is 1.84. The van der Waals surface area contributed by atoms with Crippen LogP contribution >= 0.6 is 0 Å². The Morgan fingerprint density at radius 2 is 1.68 bits per heavy atom.